The molecule has 0 radical (unpaired) electrons. The summed E-state index contributed by atoms with van der Waals surface area (Å²) in [5.41, 5.74) is 1.11. The number of ether oxygens (including phenoxy) is 3. The van der Waals surface area contributed by atoms with Crippen molar-refractivity contribution in [2.24, 2.45) is 0 Å². The van der Waals surface area contributed by atoms with E-state index >= 15 is 0 Å². The van der Waals surface area contributed by atoms with Gasteiger partial charge in [-0.05, 0) is 72.4 Å². The molecule has 2 aliphatic heterocycles. The van der Waals surface area contributed by atoms with E-state index in [4.69, 9.17) is 14.2 Å². The van der Waals surface area contributed by atoms with Gasteiger partial charge in [0, 0.05) is 32.7 Å². The molecule has 1 aromatic rings. The molecule has 31 heavy (non-hydrogen) atoms. The average Bonchev–Trinajstić information content (AvgIpc) is 2.79. The van der Waals surface area contributed by atoms with Crippen molar-refractivity contribution in [1.29, 1.82) is 0 Å². The number of nitrogens with one attached hydrogen (secondary N) is 1. The Morgan fingerprint density at radius 3 is 2.61 bits per heavy atom. The van der Waals surface area contributed by atoms with Gasteiger partial charge in [0.2, 0.25) is 0 Å². The molecule has 2 aliphatic rings. The number of likely N-dealkylation sites (tertiary alicyclic amines) is 1. The predicted molar refractivity (Wildman–Crippen MR) is 127 cm³/mol. The summed E-state index contributed by atoms with van der Waals surface area (Å²) in [6, 6.07) is 4.00. The van der Waals surface area contributed by atoms with Gasteiger partial charge < -0.3 is 24.4 Å². The number of rotatable bonds is 10. The largest absolute Gasteiger partial charge is 0.493 e. The number of hydrogen-bond donors (Lipinski definition) is 1. The number of carbonyl (C=O) groups is 1. The van der Waals surface area contributed by atoms with Crippen molar-refractivity contribution in [3.05, 3.63) is 22.2 Å². The summed E-state index contributed by atoms with van der Waals surface area (Å²) >= 11 is 3.58. The molecular weight excluding hydrogens is 486 g/mol. The van der Waals surface area contributed by atoms with Crippen LogP contribution in [0.3, 0.4) is 0 Å². The molecule has 2 saturated heterocycles. The highest BCUT2D eigenvalue weighted by atomic mass is 79.9. The fraction of sp³-hybridized carbons (Fsp3) is 0.682. The first-order valence-corrected chi connectivity index (χ1v) is 11.7. The summed E-state index contributed by atoms with van der Waals surface area (Å²) in [7, 11) is 1.63. The maximum atomic E-state index is 12.4. The minimum atomic E-state index is 0. The third-order valence-electron chi connectivity index (χ3n) is 5.60. The van der Waals surface area contributed by atoms with Crippen LogP contribution >= 0.6 is 28.3 Å². The number of morpholine rings is 1. The molecule has 2 heterocycles. The second kappa shape index (κ2) is 14.2. The highest BCUT2D eigenvalue weighted by molar-refractivity contribution is 9.10. The van der Waals surface area contributed by atoms with E-state index in [9.17, 15) is 4.79 Å². The minimum absolute atomic E-state index is 0. The second-order valence-electron chi connectivity index (χ2n) is 7.82. The van der Waals surface area contributed by atoms with Crippen LogP contribution in [0.2, 0.25) is 0 Å². The van der Waals surface area contributed by atoms with E-state index in [1.807, 2.05) is 17.0 Å². The number of methoxy groups -OCH3 is 1. The van der Waals surface area contributed by atoms with Crippen LogP contribution in [0.5, 0.6) is 11.5 Å². The molecule has 0 saturated carbocycles. The number of piperidine rings is 1. The highest BCUT2D eigenvalue weighted by Gasteiger charge is 2.19. The molecule has 1 aromatic carbocycles. The third kappa shape index (κ3) is 8.42. The van der Waals surface area contributed by atoms with Gasteiger partial charge in [-0.1, -0.05) is 0 Å². The SMILES string of the molecule is COc1cc(CNCCCN2CCOCC2)cc(Br)c1OCC(=O)N1CCCCC1.Cl. The van der Waals surface area contributed by atoms with Gasteiger partial charge in [-0.3, -0.25) is 9.69 Å². The Morgan fingerprint density at radius 2 is 1.90 bits per heavy atom. The van der Waals surface area contributed by atoms with E-state index in [0.29, 0.717) is 11.5 Å². The van der Waals surface area contributed by atoms with Crippen LogP contribution in [-0.4, -0.2) is 81.9 Å². The Hall–Kier alpha value is -1.06. The molecule has 0 aromatic heterocycles. The summed E-state index contributed by atoms with van der Waals surface area (Å²) in [5, 5.41) is 3.50. The average molecular weight is 521 g/mol. The van der Waals surface area contributed by atoms with Crippen molar-refractivity contribution >= 4 is 34.2 Å². The lowest BCUT2D eigenvalue weighted by Crippen LogP contribution is -2.38. The number of benzene rings is 1. The zero-order valence-corrected chi connectivity index (χ0v) is 20.8. The summed E-state index contributed by atoms with van der Waals surface area (Å²) in [6.07, 6.45) is 4.46. The lowest BCUT2D eigenvalue weighted by Gasteiger charge is -2.26. The lowest BCUT2D eigenvalue weighted by molar-refractivity contribution is -0.134. The van der Waals surface area contributed by atoms with Crippen molar-refractivity contribution in [3.8, 4) is 11.5 Å². The van der Waals surface area contributed by atoms with Crippen LogP contribution in [0.25, 0.3) is 0 Å². The predicted octanol–water partition coefficient (Wildman–Crippen LogP) is 3.08. The van der Waals surface area contributed by atoms with Crippen molar-refractivity contribution in [1.82, 2.24) is 15.1 Å². The number of hydrogen-bond acceptors (Lipinski definition) is 6. The first-order chi connectivity index (χ1) is 14.7. The molecule has 0 unspecified atom stereocenters. The molecule has 9 heteroatoms. The first kappa shape index (κ1) is 26.2. The van der Waals surface area contributed by atoms with Crippen LogP contribution in [0.15, 0.2) is 16.6 Å². The highest BCUT2D eigenvalue weighted by Crippen LogP contribution is 2.36. The molecule has 0 atom stereocenters. The zero-order chi connectivity index (χ0) is 21.2. The molecule has 2 fully saturated rings. The van der Waals surface area contributed by atoms with E-state index in [2.05, 4.69) is 26.1 Å². The number of halogens is 2. The molecule has 1 N–H and O–H groups in total. The monoisotopic (exact) mass is 519 g/mol. The Kier molecular flexibility index (Phi) is 12.0. The second-order valence-corrected chi connectivity index (χ2v) is 8.68. The smallest absolute Gasteiger partial charge is 0.260 e. The van der Waals surface area contributed by atoms with Crippen molar-refractivity contribution in [3.63, 3.8) is 0 Å². The van der Waals surface area contributed by atoms with Gasteiger partial charge in [-0.2, -0.15) is 0 Å². The maximum Gasteiger partial charge on any atom is 0.260 e. The van der Waals surface area contributed by atoms with Crippen LogP contribution < -0.4 is 14.8 Å². The van der Waals surface area contributed by atoms with Gasteiger partial charge in [0.25, 0.3) is 5.91 Å². The fourth-order valence-corrected chi connectivity index (χ4v) is 4.47. The Labute approximate surface area is 200 Å². The normalized spacial score (nSPS) is 17.2. The zero-order valence-electron chi connectivity index (χ0n) is 18.4. The third-order valence-corrected chi connectivity index (χ3v) is 6.19. The summed E-state index contributed by atoms with van der Waals surface area (Å²) < 4.78 is 17.6. The fourth-order valence-electron chi connectivity index (χ4n) is 3.87. The van der Waals surface area contributed by atoms with Crippen molar-refractivity contribution in [2.75, 3.05) is 66.2 Å². The van der Waals surface area contributed by atoms with Crippen LogP contribution in [0, 0.1) is 0 Å². The van der Waals surface area contributed by atoms with Gasteiger partial charge in [0.1, 0.15) is 0 Å². The number of nitrogens with zero attached hydrogens (tertiary/aromatic N) is 2. The van der Waals surface area contributed by atoms with E-state index in [0.717, 1.165) is 88.3 Å². The van der Waals surface area contributed by atoms with Crippen molar-refractivity contribution < 1.29 is 19.0 Å². The molecule has 7 nitrogen and oxygen atoms in total. The topological polar surface area (TPSA) is 63.3 Å². The Morgan fingerprint density at radius 1 is 1.16 bits per heavy atom. The number of carbonyl (C=O) groups excluding carboxylic acids is 1. The Balaban J connectivity index is 0.00000341. The molecule has 0 bridgehead atoms. The van der Waals surface area contributed by atoms with Gasteiger partial charge in [0.05, 0.1) is 24.8 Å². The van der Waals surface area contributed by atoms with Gasteiger partial charge in [-0.25, -0.2) is 0 Å². The van der Waals surface area contributed by atoms with Crippen LogP contribution in [0.4, 0.5) is 0 Å². The quantitative estimate of drug-likeness (QED) is 0.479. The van der Waals surface area contributed by atoms with Crippen LogP contribution in [-0.2, 0) is 16.1 Å². The maximum absolute atomic E-state index is 12.4. The van der Waals surface area contributed by atoms with E-state index in [-0.39, 0.29) is 24.9 Å². The summed E-state index contributed by atoms with van der Waals surface area (Å²) in [4.78, 5) is 16.7. The number of amides is 1. The van der Waals surface area contributed by atoms with Gasteiger partial charge in [-0.15, -0.1) is 12.4 Å². The molecule has 3 rings (SSSR count). The van der Waals surface area contributed by atoms with Gasteiger partial charge >= 0.3 is 0 Å². The summed E-state index contributed by atoms with van der Waals surface area (Å²) in [5.74, 6) is 1.26. The van der Waals surface area contributed by atoms with E-state index in [1.54, 1.807) is 7.11 Å². The minimum Gasteiger partial charge on any atom is -0.493 e. The van der Waals surface area contributed by atoms with Crippen molar-refractivity contribution in [2.45, 2.75) is 32.2 Å². The molecular formula is C22H35BrClN3O4. The molecule has 0 spiro atoms. The van der Waals surface area contributed by atoms with E-state index in [1.165, 1.54) is 6.42 Å². The lowest BCUT2D eigenvalue weighted by atomic mass is 10.1. The summed E-state index contributed by atoms with van der Waals surface area (Å²) in [6.45, 7) is 8.27. The van der Waals surface area contributed by atoms with Gasteiger partial charge in [0.15, 0.2) is 18.1 Å². The standard InChI is InChI=1S/C22H34BrN3O4.ClH/c1-28-20-15-18(16-24-6-5-7-25-10-12-29-13-11-25)14-19(23)22(20)30-17-21(27)26-8-3-2-4-9-26;/h14-15,24H,2-13,16-17H2,1H3;1H. The first-order valence-electron chi connectivity index (χ1n) is 10.9. The van der Waals surface area contributed by atoms with Crippen LogP contribution in [0.1, 0.15) is 31.2 Å². The molecule has 0 aliphatic carbocycles. The Bertz CT molecular complexity index is 683. The van der Waals surface area contributed by atoms with E-state index < -0.39 is 0 Å². The molecule has 1 amide bonds. The molecule has 176 valence electrons.